The SMILES string of the molecule is C[C@@H](O)[C@H](NC(=O)[C@H](Cc1ccccc1)NC(=O)OCC1c2ccccc2-c2ccccc21)C(=O)O. The monoisotopic (exact) mass is 488 g/mol. The maximum absolute atomic E-state index is 12.9. The van der Waals surface area contributed by atoms with Crippen molar-refractivity contribution in [3.8, 4) is 11.1 Å². The number of aliphatic hydroxyl groups is 1. The van der Waals surface area contributed by atoms with Crippen LogP contribution in [0.2, 0.25) is 0 Å². The average molecular weight is 489 g/mol. The Hall–Kier alpha value is -4.17. The smallest absolute Gasteiger partial charge is 0.407 e. The van der Waals surface area contributed by atoms with Gasteiger partial charge in [-0.25, -0.2) is 9.59 Å². The van der Waals surface area contributed by atoms with Gasteiger partial charge in [0.2, 0.25) is 5.91 Å². The van der Waals surface area contributed by atoms with Crippen LogP contribution in [0.25, 0.3) is 11.1 Å². The van der Waals surface area contributed by atoms with Gasteiger partial charge in [-0.2, -0.15) is 0 Å². The van der Waals surface area contributed by atoms with Crippen LogP contribution in [0.3, 0.4) is 0 Å². The van der Waals surface area contributed by atoms with Crippen molar-refractivity contribution in [1.82, 2.24) is 10.6 Å². The van der Waals surface area contributed by atoms with Crippen LogP contribution in [-0.2, 0) is 20.7 Å². The van der Waals surface area contributed by atoms with Gasteiger partial charge in [0.15, 0.2) is 6.04 Å². The Kier molecular flexibility index (Phi) is 7.65. The van der Waals surface area contributed by atoms with Crippen molar-refractivity contribution in [2.24, 2.45) is 0 Å². The van der Waals surface area contributed by atoms with Crippen LogP contribution in [0.1, 0.15) is 29.5 Å². The lowest BCUT2D eigenvalue weighted by Crippen LogP contribution is -2.55. The van der Waals surface area contributed by atoms with Gasteiger partial charge in [0.1, 0.15) is 12.6 Å². The molecule has 0 heterocycles. The fourth-order valence-electron chi connectivity index (χ4n) is 4.48. The van der Waals surface area contributed by atoms with E-state index >= 15 is 0 Å². The lowest BCUT2D eigenvalue weighted by atomic mass is 9.98. The highest BCUT2D eigenvalue weighted by Gasteiger charge is 2.32. The highest BCUT2D eigenvalue weighted by molar-refractivity contribution is 5.89. The summed E-state index contributed by atoms with van der Waals surface area (Å²) in [5, 5.41) is 23.9. The van der Waals surface area contributed by atoms with Crippen molar-refractivity contribution in [3.63, 3.8) is 0 Å². The number of hydrogen-bond acceptors (Lipinski definition) is 5. The van der Waals surface area contributed by atoms with E-state index < -0.39 is 36.2 Å². The number of aliphatic hydroxyl groups excluding tert-OH is 1. The number of fused-ring (bicyclic) bond motifs is 3. The third kappa shape index (κ3) is 5.55. The van der Waals surface area contributed by atoms with Crippen LogP contribution in [0.5, 0.6) is 0 Å². The molecule has 36 heavy (non-hydrogen) atoms. The molecule has 8 nitrogen and oxygen atoms in total. The van der Waals surface area contributed by atoms with Gasteiger partial charge in [-0.3, -0.25) is 4.79 Å². The zero-order chi connectivity index (χ0) is 25.7. The zero-order valence-corrected chi connectivity index (χ0v) is 19.8. The Labute approximate surface area is 208 Å². The van der Waals surface area contributed by atoms with E-state index in [2.05, 4.69) is 10.6 Å². The van der Waals surface area contributed by atoms with Gasteiger partial charge in [-0.05, 0) is 34.7 Å². The molecule has 0 saturated carbocycles. The molecule has 4 rings (SSSR count). The average Bonchev–Trinajstić information content (AvgIpc) is 3.19. The molecule has 0 saturated heterocycles. The van der Waals surface area contributed by atoms with E-state index in [0.717, 1.165) is 27.8 Å². The second-order valence-corrected chi connectivity index (χ2v) is 8.78. The number of aliphatic carboxylic acids is 1. The van der Waals surface area contributed by atoms with Gasteiger partial charge in [0, 0.05) is 12.3 Å². The molecular weight excluding hydrogens is 460 g/mol. The molecule has 8 heteroatoms. The Morgan fingerprint density at radius 2 is 1.42 bits per heavy atom. The second kappa shape index (κ2) is 11.0. The Bertz CT molecular complexity index is 1200. The molecule has 186 valence electrons. The van der Waals surface area contributed by atoms with Crippen LogP contribution < -0.4 is 10.6 Å². The number of hydrogen-bond donors (Lipinski definition) is 4. The Balaban J connectivity index is 1.47. The fourth-order valence-corrected chi connectivity index (χ4v) is 4.48. The molecule has 3 atom stereocenters. The minimum Gasteiger partial charge on any atom is -0.480 e. The van der Waals surface area contributed by atoms with E-state index in [1.165, 1.54) is 6.92 Å². The van der Waals surface area contributed by atoms with Gasteiger partial charge in [0.05, 0.1) is 6.10 Å². The van der Waals surface area contributed by atoms with Gasteiger partial charge in [-0.1, -0.05) is 78.9 Å². The molecule has 0 aromatic heterocycles. The molecule has 2 amide bonds. The van der Waals surface area contributed by atoms with Crippen molar-refractivity contribution in [2.75, 3.05) is 6.61 Å². The lowest BCUT2D eigenvalue weighted by Gasteiger charge is -2.23. The summed E-state index contributed by atoms with van der Waals surface area (Å²) >= 11 is 0. The van der Waals surface area contributed by atoms with Crippen molar-refractivity contribution in [3.05, 3.63) is 95.6 Å². The summed E-state index contributed by atoms with van der Waals surface area (Å²) in [5.74, 6) is -2.25. The molecule has 1 aliphatic rings. The summed E-state index contributed by atoms with van der Waals surface area (Å²) < 4.78 is 5.56. The largest absolute Gasteiger partial charge is 0.480 e. The number of nitrogens with one attached hydrogen (secondary N) is 2. The lowest BCUT2D eigenvalue weighted by molar-refractivity contribution is -0.145. The van der Waals surface area contributed by atoms with Crippen molar-refractivity contribution >= 4 is 18.0 Å². The van der Waals surface area contributed by atoms with Crippen LogP contribution in [0, 0.1) is 0 Å². The summed E-state index contributed by atoms with van der Waals surface area (Å²) in [4.78, 5) is 37.2. The molecule has 3 aromatic rings. The first kappa shape index (κ1) is 24.9. The quantitative estimate of drug-likeness (QED) is 0.367. The van der Waals surface area contributed by atoms with Crippen molar-refractivity contribution < 1.29 is 29.3 Å². The minimum absolute atomic E-state index is 0.0744. The first-order chi connectivity index (χ1) is 17.3. The molecule has 0 unspecified atom stereocenters. The normalized spacial score (nSPS) is 14.6. The van der Waals surface area contributed by atoms with Gasteiger partial charge >= 0.3 is 12.1 Å². The highest BCUT2D eigenvalue weighted by Crippen LogP contribution is 2.44. The zero-order valence-electron chi connectivity index (χ0n) is 19.8. The first-order valence-corrected chi connectivity index (χ1v) is 11.7. The Morgan fingerprint density at radius 3 is 1.97 bits per heavy atom. The number of amides is 2. The van der Waals surface area contributed by atoms with Gasteiger partial charge in [-0.15, -0.1) is 0 Å². The molecule has 0 spiro atoms. The Morgan fingerprint density at radius 1 is 0.861 bits per heavy atom. The third-order valence-electron chi connectivity index (χ3n) is 6.28. The van der Waals surface area contributed by atoms with Gasteiger partial charge < -0.3 is 25.6 Å². The molecule has 0 fully saturated rings. The summed E-state index contributed by atoms with van der Waals surface area (Å²) in [6.45, 7) is 1.34. The van der Waals surface area contributed by atoms with E-state index in [0.29, 0.717) is 0 Å². The van der Waals surface area contributed by atoms with Gasteiger partial charge in [0.25, 0.3) is 0 Å². The van der Waals surface area contributed by atoms with Crippen molar-refractivity contribution in [1.29, 1.82) is 0 Å². The molecule has 1 aliphatic carbocycles. The number of carboxylic acids is 1. The van der Waals surface area contributed by atoms with E-state index in [-0.39, 0.29) is 18.9 Å². The number of rotatable bonds is 9. The maximum atomic E-state index is 12.9. The number of carboxylic acid groups (broad SMARTS) is 1. The van der Waals surface area contributed by atoms with Crippen LogP contribution in [0.4, 0.5) is 4.79 Å². The molecule has 0 radical (unpaired) electrons. The topological polar surface area (TPSA) is 125 Å². The van der Waals surface area contributed by atoms with Crippen molar-refractivity contribution in [2.45, 2.75) is 37.5 Å². The molecule has 0 aliphatic heterocycles. The predicted octanol–water partition coefficient (Wildman–Crippen LogP) is 3.09. The first-order valence-electron chi connectivity index (χ1n) is 11.7. The second-order valence-electron chi connectivity index (χ2n) is 8.78. The number of benzene rings is 3. The number of ether oxygens (including phenoxy) is 1. The maximum Gasteiger partial charge on any atom is 0.407 e. The highest BCUT2D eigenvalue weighted by atomic mass is 16.5. The number of carbonyl (C=O) groups excluding carboxylic acids is 2. The summed E-state index contributed by atoms with van der Waals surface area (Å²) in [7, 11) is 0. The fraction of sp³-hybridized carbons (Fsp3) is 0.250. The molecular formula is C28H28N2O6. The van der Waals surface area contributed by atoms with E-state index in [9.17, 15) is 24.6 Å². The number of alkyl carbamates (subject to hydrolysis) is 1. The summed E-state index contributed by atoms with van der Waals surface area (Å²) in [6.07, 6.45) is -2.00. The molecule has 0 bridgehead atoms. The molecule has 4 N–H and O–H groups in total. The van der Waals surface area contributed by atoms with Crippen LogP contribution in [0.15, 0.2) is 78.9 Å². The van der Waals surface area contributed by atoms with E-state index in [1.807, 2.05) is 54.6 Å². The van der Waals surface area contributed by atoms with Crippen LogP contribution >= 0.6 is 0 Å². The summed E-state index contributed by atoms with van der Waals surface area (Å²) in [5.41, 5.74) is 5.08. The summed E-state index contributed by atoms with van der Waals surface area (Å²) in [6, 6.07) is 22.3. The van der Waals surface area contributed by atoms with E-state index in [1.54, 1.807) is 24.3 Å². The predicted molar refractivity (Wildman–Crippen MR) is 133 cm³/mol. The third-order valence-corrected chi connectivity index (χ3v) is 6.28. The number of carbonyl (C=O) groups is 3. The van der Waals surface area contributed by atoms with E-state index in [4.69, 9.17) is 4.74 Å². The van der Waals surface area contributed by atoms with Crippen LogP contribution in [-0.4, -0.2) is 53.0 Å². The minimum atomic E-state index is -1.51. The standard InChI is InChI=1S/C28H28N2O6/c1-17(31)25(27(33)34)30-26(32)24(15-18-9-3-2-4-10-18)29-28(35)36-16-23-21-13-7-5-11-19(21)20-12-6-8-14-22(20)23/h2-14,17,23-25,31H,15-16H2,1H3,(H,29,35)(H,30,32)(H,33,34)/t17-,24+,25+/m1/s1. The molecule has 3 aromatic carbocycles.